The average Bonchev–Trinajstić information content (AvgIpc) is 2.80. The molecule has 1 heterocycles. The summed E-state index contributed by atoms with van der Waals surface area (Å²) in [4.78, 5) is 26.7. The van der Waals surface area contributed by atoms with Gasteiger partial charge in [0.05, 0.1) is 6.42 Å². The lowest BCUT2D eigenvalue weighted by molar-refractivity contribution is -0.122. The van der Waals surface area contributed by atoms with Gasteiger partial charge in [-0.3, -0.25) is 9.59 Å². The van der Waals surface area contributed by atoms with Crippen LogP contribution in [-0.4, -0.2) is 32.1 Å². The molecule has 0 radical (unpaired) electrons. The molecule has 3 aromatic rings. The fourth-order valence-corrected chi connectivity index (χ4v) is 3.95. The molecule has 0 fully saturated rings. The van der Waals surface area contributed by atoms with Gasteiger partial charge in [-0.05, 0) is 47.2 Å². The minimum Gasteiger partial charge on any atom is -0.375 e. The molecule has 0 aliphatic carbocycles. The van der Waals surface area contributed by atoms with Gasteiger partial charge >= 0.3 is 0 Å². The van der Waals surface area contributed by atoms with E-state index in [0.717, 1.165) is 40.8 Å². The first kappa shape index (κ1) is 20.8. The molecule has 0 atom stereocenters. The summed E-state index contributed by atoms with van der Waals surface area (Å²) >= 11 is 0. The maximum absolute atomic E-state index is 12.6. The van der Waals surface area contributed by atoms with Crippen LogP contribution >= 0.6 is 0 Å². The Hall–Kier alpha value is -3.44. The van der Waals surface area contributed by atoms with E-state index >= 15 is 0 Å². The Balaban J connectivity index is 1.43. The van der Waals surface area contributed by atoms with Crippen molar-refractivity contribution in [1.29, 1.82) is 0 Å². The number of amides is 2. The van der Waals surface area contributed by atoms with Crippen molar-refractivity contribution in [3.05, 3.63) is 83.9 Å². The van der Waals surface area contributed by atoms with Gasteiger partial charge in [-0.15, -0.1) is 0 Å². The molecule has 5 heteroatoms. The molecule has 0 unspecified atom stereocenters. The van der Waals surface area contributed by atoms with Gasteiger partial charge in [0.25, 0.3) is 5.91 Å². The minimum absolute atomic E-state index is 0.0506. The van der Waals surface area contributed by atoms with Crippen LogP contribution in [-0.2, 0) is 27.2 Å². The largest absolute Gasteiger partial charge is 0.375 e. The smallest absolute Gasteiger partial charge is 0.252 e. The number of carbonyl (C=O) groups excluding carboxylic acids is 2. The maximum Gasteiger partial charge on any atom is 0.252 e. The van der Waals surface area contributed by atoms with Gasteiger partial charge in [-0.25, -0.2) is 0 Å². The lowest BCUT2D eigenvalue weighted by Gasteiger charge is -2.30. The van der Waals surface area contributed by atoms with Crippen LogP contribution in [0, 0.1) is 0 Å². The van der Waals surface area contributed by atoms with Gasteiger partial charge < -0.3 is 15.0 Å². The van der Waals surface area contributed by atoms with Crippen molar-refractivity contribution >= 4 is 23.2 Å². The quantitative estimate of drug-likeness (QED) is 0.648. The number of hydrogen-bond donors (Lipinski definition) is 1. The van der Waals surface area contributed by atoms with Crippen molar-refractivity contribution in [2.24, 2.45) is 0 Å². The van der Waals surface area contributed by atoms with Crippen LogP contribution in [0.4, 0.5) is 11.4 Å². The molecule has 0 spiro atoms. The standard InChI is InChI=1S/C26H26N2O3/c1-31-18-26(30)28-15-5-8-22-13-14-23(17-24(22)28)27-25(29)16-19-9-11-21(12-10-19)20-6-3-2-4-7-20/h2-4,6-7,9-14,17H,5,8,15-16,18H2,1H3,(H,27,29). The van der Waals surface area contributed by atoms with Crippen LogP contribution in [0.5, 0.6) is 0 Å². The van der Waals surface area contributed by atoms with E-state index in [-0.39, 0.29) is 18.4 Å². The van der Waals surface area contributed by atoms with E-state index in [1.807, 2.05) is 60.7 Å². The first-order valence-electron chi connectivity index (χ1n) is 10.5. The number of ether oxygens (including phenoxy) is 1. The molecule has 158 valence electrons. The van der Waals surface area contributed by atoms with E-state index in [9.17, 15) is 9.59 Å². The van der Waals surface area contributed by atoms with Gasteiger partial charge in [0.2, 0.25) is 5.91 Å². The minimum atomic E-state index is -0.0852. The van der Waals surface area contributed by atoms with Crippen molar-refractivity contribution < 1.29 is 14.3 Å². The van der Waals surface area contributed by atoms with Gasteiger partial charge in [0.15, 0.2) is 0 Å². The molecule has 0 saturated heterocycles. The second-order valence-corrected chi connectivity index (χ2v) is 7.71. The highest BCUT2D eigenvalue weighted by atomic mass is 16.5. The summed E-state index contributed by atoms with van der Waals surface area (Å²) < 4.78 is 5.01. The number of hydrogen-bond acceptors (Lipinski definition) is 3. The Morgan fingerprint density at radius 3 is 2.45 bits per heavy atom. The van der Waals surface area contributed by atoms with Crippen LogP contribution < -0.4 is 10.2 Å². The van der Waals surface area contributed by atoms with Gasteiger partial charge in [-0.1, -0.05) is 60.7 Å². The highest BCUT2D eigenvalue weighted by molar-refractivity contribution is 5.97. The number of carbonyl (C=O) groups is 2. The third kappa shape index (κ3) is 5.01. The molecule has 0 aromatic heterocycles. The van der Waals surface area contributed by atoms with E-state index in [2.05, 4.69) is 17.4 Å². The number of anilines is 2. The van der Waals surface area contributed by atoms with Crippen LogP contribution in [0.1, 0.15) is 17.5 Å². The molecule has 1 aliphatic heterocycles. The molecule has 1 N–H and O–H groups in total. The fraction of sp³-hybridized carbons (Fsp3) is 0.231. The van der Waals surface area contributed by atoms with Crippen LogP contribution in [0.15, 0.2) is 72.8 Å². The van der Waals surface area contributed by atoms with Gasteiger partial charge in [0.1, 0.15) is 6.61 Å². The summed E-state index contributed by atoms with van der Waals surface area (Å²) in [6, 6.07) is 24.0. The zero-order valence-electron chi connectivity index (χ0n) is 17.6. The Morgan fingerprint density at radius 2 is 1.71 bits per heavy atom. The molecule has 31 heavy (non-hydrogen) atoms. The molecule has 2 amide bonds. The Labute approximate surface area is 182 Å². The molecule has 3 aromatic carbocycles. The normalized spacial score (nSPS) is 12.9. The van der Waals surface area contributed by atoms with Crippen molar-refractivity contribution in [2.75, 3.05) is 30.5 Å². The van der Waals surface area contributed by atoms with E-state index in [4.69, 9.17) is 4.74 Å². The maximum atomic E-state index is 12.6. The SMILES string of the molecule is COCC(=O)N1CCCc2ccc(NC(=O)Cc3ccc(-c4ccccc4)cc3)cc21. The van der Waals surface area contributed by atoms with Crippen LogP contribution in [0.3, 0.4) is 0 Å². The third-order valence-electron chi connectivity index (χ3n) is 5.48. The Morgan fingerprint density at radius 1 is 0.968 bits per heavy atom. The van der Waals surface area contributed by atoms with E-state index in [1.165, 1.54) is 7.11 Å². The Bertz CT molecular complexity index is 1060. The number of nitrogens with zero attached hydrogens (tertiary/aromatic N) is 1. The molecule has 1 aliphatic rings. The number of fused-ring (bicyclic) bond motifs is 1. The third-order valence-corrected chi connectivity index (χ3v) is 5.48. The predicted octanol–water partition coefficient (Wildman–Crippen LogP) is 4.46. The fourth-order valence-electron chi connectivity index (χ4n) is 3.95. The number of aryl methyl sites for hydroxylation is 1. The van der Waals surface area contributed by atoms with Crippen molar-refractivity contribution in [2.45, 2.75) is 19.3 Å². The number of methoxy groups -OCH3 is 1. The lowest BCUT2D eigenvalue weighted by atomic mass is 10.0. The zero-order chi connectivity index (χ0) is 21.6. The highest BCUT2D eigenvalue weighted by Crippen LogP contribution is 2.30. The molecule has 0 saturated carbocycles. The molecule has 0 bridgehead atoms. The summed E-state index contributed by atoms with van der Waals surface area (Å²) in [7, 11) is 1.52. The molecule has 4 rings (SSSR count). The Kier molecular flexibility index (Phi) is 6.43. The number of nitrogens with one attached hydrogen (secondary N) is 1. The van der Waals surface area contributed by atoms with Crippen LogP contribution in [0.25, 0.3) is 11.1 Å². The summed E-state index contributed by atoms with van der Waals surface area (Å²) in [5.74, 6) is -0.150. The summed E-state index contributed by atoms with van der Waals surface area (Å²) in [6.07, 6.45) is 2.14. The molecular formula is C26H26N2O3. The predicted molar refractivity (Wildman–Crippen MR) is 123 cm³/mol. The van der Waals surface area contributed by atoms with Crippen molar-refractivity contribution in [1.82, 2.24) is 0 Å². The second kappa shape index (κ2) is 9.58. The summed E-state index contributed by atoms with van der Waals surface area (Å²) in [5, 5.41) is 2.97. The average molecular weight is 415 g/mol. The first-order chi connectivity index (χ1) is 15.1. The zero-order valence-corrected chi connectivity index (χ0v) is 17.6. The van der Waals surface area contributed by atoms with E-state index in [0.29, 0.717) is 18.7 Å². The number of benzene rings is 3. The topological polar surface area (TPSA) is 58.6 Å². The monoisotopic (exact) mass is 414 g/mol. The van der Waals surface area contributed by atoms with E-state index < -0.39 is 0 Å². The highest BCUT2D eigenvalue weighted by Gasteiger charge is 2.22. The van der Waals surface area contributed by atoms with E-state index in [1.54, 1.807) is 4.90 Å². The molecule has 5 nitrogen and oxygen atoms in total. The summed E-state index contributed by atoms with van der Waals surface area (Å²) in [5.41, 5.74) is 5.90. The summed E-state index contributed by atoms with van der Waals surface area (Å²) in [6.45, 7) is 0.718. The second-order valence-electron chi connectivity index (χ2n) is 7.71. The first-order valence-corrected chi connectivity index (χ1v) is 10.5. The van der Waals surface area contributed by atoms with Gasteiger partial charge in [-0.2, -0.15) is 0 Å². The van der Waals surface area contributed by atoms with Crippen molar-refractivity contribution in [3.63, 3.8) is 0 Å². The van der Waals surface area contributed by atoms with Crippen molar-refractivity contribution in [3.8, 4) is 11.1 Å². The lowest BCUT2D eigenvalue weighted by Crippen LogP contribution is -2.37. The molecular weight excluding hydrogens is 388 g/mol. The number of rotatable bonds is 6. The van der Waals surface area contributed by atoms with Gasteiger partial charge in [0, 0.05) is 25.0 Å². The van der Waals surface area contributed by atoms with Crippen LogP contribution in [0.2, 0.25) is 0 Å².